The summed E-state index contributed by atoms with van der Waals surface area (Å²) in [6, 6.07) is 8.10. The Bertz CT molecular complexity index is 465. The molecule has 0 amide bonds. The lowest BCUT2D eigenvalue weighted by molar-refractivity contribution is 0.522. The molecule has 0 aliphatic heterocycles. The zero-order valence-electron chi connectivity index (χ0n) is 8.42. The third-order valence-corrected chi connectivity index (χ3v) is 3.75. The number of hydrogen-bond acceptors (Lipinski definition) is 3. The summed E-state index contributed by atoms with van der Waals surface area (Å²) < 4.78 is 24.8. The Hall–Kier alpha value is -1.62. The van der Waals surface area contributed by atoms with Gasteiger partial charge in [-0.3, -0.25) is 4.31 Å². The van der Waals surface area contributed by atoms with Crippen LogP contribution in [0, 0.1) is 0 Å². The van der Waals surface area contributed by atoms with Gasteiger partial charge in [-0.05, 0) is 18.9 Å². The summed E-state index contributed by atoms with van der Waals surface area (Å²) in [5.74, 6) is 0.0962. The predicted molar refractivity (Wildman–Crippen MR) is 60.1 cm³/mol. The van der Waals surface area contributed by atoms with E-state index in [4.69, 9.17) is 0 Å². The van der Waals surface area contributed by atoms with Crippen molar-refractivity contribution in [2.45, 2.75) is 4.90 Å². The third-order valence-electron chi connectivity index (χ3n) is 1.95. The summed E-state index contributed by atoms with van der Waals surface area (Å²) >= 11 is 0. The normalized spacial score (nSPS) is 10.7. The van der Waals surface area contributed by atoms with Gasteiger partial charge in [0.1, 0.15) is 5.82 Å². The number of hydrogen-bond donors (Lipinski definition) is 0. The van der Waals surface area contributed by atoms with Gasteiger partial charge in [-0.25, -0.2) is 13.4 Å². The number of nitrogens with zero attached hydrogens (tertiary/aromatic N) is 2. The Labute approximate surface area is 89.6 Å². The molecule has 15 heavy (non-hydrogen) atoms. The van der Waals surface area contributed by atoms with Crippen LogP contribution in [-0.2, 0) is 10.0 Å². The van der Waals surface area contributed by atoms with Crippen molar-refractivity contribution in [3.63, 3.8) is 0 Å². The van der Waals surface area contributed by atoms with Crippen molar-refractivity contribution in [1.29, 1.82) is 0 Å². The van der Waals surface area contributed by atoms with Crippen LogP contribution in [0.4, 0.5) is 0 Å². The van der Waals surface area contributed by atoms with Crippen LogP contribution in [0.1, 0.15) is 0 Å². The highest BCUT2D eigenvalue weighted by Crippen LogP contribution is 2.16. The molecule has 0 unspecified atom stereocenters. The van der Waals surface area contributed by atoms with Gasteiger partial charge in [0.2, 0.25) is 0 Å². The topological polar surface area (TPSA) is 49.7 Å². The maximum Gasteiger partial charge on any atom is 0.265 e. The van der Waals surface area contributed by atoms with E-state index in [1.54, 1.807) is 18.2 Å². The maximum absolute atomic E-state index is 11.9. The first kappa shape index (κ1) is 11.5. The van der Waals surface area contributed by atoms with Crippen LogP contribution >= 0.6 is 0 Å². The van der Waals surface area contributed by atoms with Gasteiger partial charge in [0, 0.05) is 7.05 Å². The van der Waals surface area contributed by atoms with E-state index in [-0.39, 0.29) is 10.7 Å². The second-order valence-corrected chi connectivity index (χ2v) is 4.83. The fourth-order valence-corrected chi connectivity index (χ4v) is 2.14. The van der Waals surface area contributed by atoms with E-state index >= 15 is 0 Å². The van der Waals surface area contributed by atoms with Crippen molar-refractivity contribution in [1.82, 2.24) is 4.31 Å². The lowest BCUT2D eigenvalue weighted by atomic mass is 10.4. The minimum absolute atomic E-state index is 0.0962. The average Bonchev–Trinajstić information content (AvgIpc) is 2.28. The van der Waals surface area contributed by atoms with Crippen molar-refractivity contribution in [3.8, 4) is 0 Å². The quantitative estimate of drug-likeness (QED) is 0.727. The summed E-state index contributed by atoms with van der Waals surface area (Å²) in [5.41, 5.74) is 0. The van der Waals surface area contributed by atoms with Gasteiger partial charge < -0.3 is 0 Å². The molecular weight excluding hydrogens is 212 g/mol. The largest absolute Gasteiger partial charge is 0.265 e. The van der Waals surface area contributed by atoms with E-state index in [0.717, 1.165) is 4.31 Å². The average molecular weight is 224 g/mol. The van der Waals surface area contributed by atoms with Crippen LogP contribution in [-0.4, -0.2) is 26.5 Å². The molecule has 0 fully saturated rings. The maximum atomic E-state index is 11.9. The molecule has 0 atom stereocenters. The number of benzene rings is 1. The first-order valence-electron chi connectivity index (χ1n) is 4.19. The highest BCUT2D eigenvalue weighted by Gasteiger charge is 2.20. The van der Waals surface area contributed by atoms with E-state index in [0.29, 0.717) is 0 Å². The Morgan fingerprint density at radius 3 is 2.33 bits per heavy atom. The highest BCUT2D eigenvalue weighted by molar-refractivity contribution is 7.89. The minimum Gasteiger partial charge on any atom is -0.253 e. The lowest BCUT2D eigenvalue weighted by Crippen LogP contribution is -2.25. The van der Waals surface area contributed by atoms with Crippen LogP contribution in [0.15, 0.2) is 52.6 Å². The van der Waals surface area contributed by atoms with Crippen molar-refractivity contribution < 1.29 is 8.42 Å². The Morgan fingerprint density at radius 2 is 1.87 bits per heavy atom. The zero-order chi connectivity index (χ0) is 11.5. The number of rotatable bonds is 4. The van der Waals surface area contributed by atoms with Crippen molar-refractivity contribution in [3.05, 3.63) is 42.7 Å². The summed E-state index contributed by atoms with van der Waals surface area (Å²) in [7, 11) is -2.16. The van der Waals surface area contributed by atoms with Gasteiger partial charge in [-0.1, -0.05) is 24.8 Å². The van der Waals surface area contributed by atoms with Gasteiger partial charge in [-0.2, -0.15) is 0 Å². The highest BCUT2D eigenvalue weighted by atomic mass is 32.2. The second-order valence-electron chi connectivity index (χ2n) is 2.86. The molecule has 0 N–H and O–H groups in total. The summed E-state index contributed by atoms with van der Waals surface area (Å²) in [6.07, 6.45) is 0. The number of sulfonamides is 1. The molecular formula is C10H12N2O2S. The van der Waals surface area contributed by atoms with Crippen molar-refractivity contribution >= 4 is 16.7 Å². The van der Waals surface area contributed by atoms with Crippen LogP contribution < -0.4 is 0 Å². The molecule has 0 spiro atoms. The zero-order valence-corrected chi connectivity index (χ0v) is 9.24. The Balaban J connectivity index is 3.15. The summed E-state index contributed by atoms with van der Waals surface area (Å²) in [6.45, 7) is 6.72. The van der Waals surface area contributed by atoms with Gasteiger partial charge in [0.15, 0.2) is 0 Å². The number of aliphatic imine (C=N–C) groups is 1. The van der Waals surface area contributed by atoms with Crippen LogP contribution in [0.2, 0.25) is 0 Å². The predicted octanol–water partition coefficient (Wildman–Crippen LogP) is 1.48. The van der Waals surface area contributed by atoms with E-state index in [1.165, 1.54) is 19.2 Å². The molecule has 5 heteroatoms. The fraction of sp³-hybridized carbons (Fsp3) is 0.100. The second kappa shape index (κ2) is 4.27. The van der Waals surface area contributed by atoms with Gasteiger partial charge in [0.05, 0.1) is 4.90 Å². The van der Waals surface area contributed by atoms with E-state index in [1.807, 2.05) is 0 Å². The lowest BCUT2D eigenvalue weighted by Gasteiger charge is -2.18. The molecule has 0 saturated carbocycles. The van der Waals surface area contributed by atoms with Crippen molar-refractivity contribution in [2.24, 2.45) is 4.99 Å². The van der Waals surface area contributed by atoms with Crippen LogP contribution in [0.25, 0.3) is 0 Å². The molecule has 0 heterocycles. The minimum atomic E-state index is -3.55. The van der Waals surface area contributed by atoms with Gasteiger partial charge in [-0.15, -0.1) is 0 Å². The van der Waals surface area contributed by atoms with Crippen LogP contribution in [0.3, 0.4) is 0 Å². The summed E-state index contributed by atoms with van der Waals surface area (Å²) in [5, 5.41) is 0. The van der Waals surface area contributed by atoms with E-state index < -0.39 is 10.0 Å². The Morgan fingerprint density at radius 1 is 1.33 bits per heavy atom. The molecule has 1 rings (SSSR count). The molecule has 1 aromatic rings. The molecule has 80 valence electrons. The summed E-state index contributed by atoms with van der Waals surface area (Å²) in [4.78, 5) is 3.69. The molecule has 0 aromatic heterocycles. The first-order valence-corrected chi connectivity index (χ1v) is 5.63. The fourth-order valence-electron chi connectivity index (χ4n) is 0.989. The molecule has 0 aliphatic carbocycles. The van der Waals surface area contributed by atoms with Crippen LogP contribution in [0.5, 0.6) is 0 Å². The smallest absolute Gasteiger partial charge is 0.253 e. The van der Waals surface area contributed by atoms with Gasteiger partial charge >= 0.3 is 0 Å². The SMILES string of the molecule is C=NC(=C)N(C)S(=O)(=O)c1ccccc1. The Kier molecular flexibility index (Phi) is 3.26. The van der Waals surface area contributed by atoms with Gasteiger partial charge in [0.25, 0.3) is 10.0 Å². The molecule has 0 bridgehead atoms. The van der Waals surface area contributed by atoms with E-state index in [2.05, 4.69) is 18.3 Å². The molecule has 0 saturated heterocycles. The van der Waals surface area contributed by atoms with E-state index in [9.17, 15) is 8.42 Å². The molecule has 0 aliphatic rings. The third kappa shape index (κ3) is 2.24. The molecule has 0 radical (unpaired) electrons. The molecule has 1 aromatic carbocycles. The monoisotopic (exact) mass is 224 g/mol. The van der Waals surface area contributed by atoms with Crippen molar-refractivity contribution in [2.75, 3.05) is 7.05 Å². The first-order chi connectivity index (χ1) is 7.00. The standard InChI is InChI=1S/C10H12N2O2S/c1-9(11-2)12(3)15(13,14)10-7-5-4-6-8-10/h4-8H,1-2H2,3H3. The molecule has 4 nitrogen and oxygen atoms in total.